The SMILES string of the molecule is CC1CN(C(=O)CSc2nnc(NCCc3cccs3)s2)CC(C)O1. The van der Waals surface area contributed by atoms with Gasteiger partial charge in [-0.2, -0.15) is 0 Å². The largest absolute Gasteiger partial charge is 0.372 e. The molecular formula is C16H22N4O2S3. The highest BCUT2D eigenvalue weighted by Crippen LogP contribution is 2.26. The minimum Gasteiger partial charge on any atom is -0.372 e. The maximum absolute atomic E-state index is 12.4. The molecule has 1 aliphatic rings. The molecule has 0 aliphatic carbocycles. The van der Waals surface area contributed by atoms with E-state index in [1.165, 1.54) is 28.0 Å². The molecular weight excluding hydrogens is 376 g/mol. The first-order chi connectivity index (χ1) is 12.1. The lowest BCUT2D eigenvalue weighted by atomic mass is 10.2. The maximum atomic E-state index is 12.4. The van der Waals surface area contributed by atoms with Crippen LogP contribution in [0.25, 0.3) is 0 Å². The van der Waals surface area contributed by atoms with Crippen molar-refractivity contribution in [1.82, 2.24) is 15.1 Å². The summed E-state index contributed by atoms with van der Waals surface area (Å²) in [7, 11) is 0. The average Bonchev–Trinajstić information content (AvgIpc) is 3.23. The molecule has 2 unspecified atom stereocenters. The van der Waals surface area contributed by atoms with Gasteiger partial charge in [0.05, 0.1) is 18.0 Å². The fourth-order valence-electron chi connectivity index (χ4n) is 2.68. The number of carbonyl (C=O) groups excluding carboxylic acids is 1. The third-order valence-electron chi connectivity index (χ3n) is 3.73. The monoisotopic (exact) mass is 398 g/mol. The quantitative estimate of drug-likeness (QED) is 0.723. The van der Waals surface area contributed by atoms with Crippen molar-refractivity contribution in [3.63, 3.8) is 0 Å². The fourth-order valence-corrected chi connectivity index (χ4v) is 5.07. The molecule has 1 fully saturated rings. The normalized spacial score (nSPS) is 20.6. The van der Waals surface area contributed by atoms with Gasteiger partial charge in [0.15, 0.2) is 4.34 Å². The Morgan fingerprint density at radius 2 is 2.20 bits per heavy atom. The molecule has 6 nitrogen and oxygen atoms in total. The summed E-state index contributed by atoms with van der Waals surface area (Å²) in [6.07, 6.45) is 1.17. The topological polar surface area (TPSA) is 67.4 Å². The van der Waals surface area contributed by atoms with Gasteiger partial charge in [-0.15, -0.1) is 21.5 Å². The molecule has 1 saturated heterocycles. The number of thiophene rings is 1. The smallest absolute Gasteiger partial charge is 0.233 e. The van der Waals surface area contributed by atoms with Crippen LogP contribution >= 0.6 is 34.4 Å². The number of hydrogen-bond donors (Lipinski definition) is 1. The Hall–Kier alpha value is -1.16. The number of ether oxygens (including phenoxy) is 1. The summed E-state index contributed by atoms with van der Waals surface area (Å²) in [6.45, 7) is 6.16. The number of amides is 1. The number of nitrogens with zero attached hydrogens (tertiary/aromatic N) is 3. The zero-order chi connectivity index (χ0) is 17.6. The molecule has 3 rings (SSSR count). The summed E-state index contributed by atoms with van der Waals surface area (Å²) in [5.41, 5.74) is 0. The summed E-state index contributed by atoms with van der Waals surface area (Å²) in [5, 5.41) is 14.5. The van der Waals surface area contributed by atoms with Gasteiger partial charge in [-0.05, 0) is 31.7 Å². The Morgan fingerprint density at radius 3 is 2.92 bits per heavy atom. The van der Waals surface area contributed by atoms with Crippen LogP contribution in [-0.2, 0) is 16.0 Å². The molecule has 2 aromatic rings. The highest BCUT2D eigenvalue weighted by atomic mass is 32.2. The number of thioether (sulfide) groups is 1. The number of carbonyl (C=O) groups is 1. The van der Waals surface area contributed by atoms with Crippen molar-refractivity contribution in [2.24, 2.45) is 0 Å². The molecule has 3 heterocycles. The summed E-state index contributed by atoms with van der Waals surface area (Å²) in [5.74, 6) is 0.526. The van der Waals surface area contributed by atoms with Crippen LogP contribution in [0.5, 0.6) is 0 Å². The first-order valence-electron chi connectivity index (χ1n) is 8.26. The highest BCUT2D eigenvalue weighted by Gasteiger charge is 2.25. The molecule has 0 aromatic carbocycles. The van der Waals surface area contributed by atoms with Crippen LogP contribution in [0.2, 0.25) is 0 Å². The molecule has 25 heavy (non-hydrogen) atoms. The molecule has 9 heteroatoms. The second-order valence-corrected chi connectivity index (χ2v) is 9.21. The Morgan fingerprint density at radius 1 is 1.40 bits per heavy atom. The predicted molar refractivity (Wildman–Crippen MR) is 104 cm³/mol. The zero-order valence-corrected chi connectivity index (χ0v) is 16.8. The molecule has 2 aromatic heterocycles. The average molecular weight is 399 g/mol. The second-order valence-electron chi connectivity index (χ2n) is 5.97. The van der Waals surface area contributed by atoms with Gasteiger partial charge in [0, 0.05) is 24.5 Å². The third-order valence-corrected chi connectivity index (χ3v) is 6.66. The first-order valence-corrected chi connectivity index (χ1v) is 10.9. The van der Waals surface area contributed by atoms with E-state index in [-0.39, 0.29) is 18.1 Å². The van der Waals surface area contributed by atoms with E-state index in [0.717, 1.165) is 22.4 Å². The second kappa shape index (κ2) is 8.98. The van der Waals surface area contributed by atoms with Gasteiger partial charge in [0.25, 0.3) is 0 Å². The van der Waals surface area contributed by atoms with Crippen molar-refractivity contribution in [1.29, 1.82) is 0 Å². The van der Waals surface area contributed by atoms with Crippen molar-refractivity contribution < 1.29 is 9.53 Å². The molecule has 0 saturated carbocycles. The summed E-state index contributed by atoms with van der Waals surface area (Å²) in [6, 6.07) is 4.19. The summed E-state index contributed by atoms with van der Waals surface area (Å²) >= 11 is 4.71. The van der Waals surface area contributed by atoms with Gasteiger partial charge in [0.1, 0.15) is 0 Å². The van der Waals surface area contributed by atoms with Crippen LogP contribution in [-0.4, -0.2) is 58.6 Å². The molecule has 0 radical (unpaired) electrons. The van der Waals surface area contributed by atoms with Crippen molar-refractivity contribution in [2.45, 2.75) is 36.8 Å². The van der Waals surface area contributed by atoms with Crippen LogP contribution in [0.15, 0.2) is 21.9 Å². The van der Waals surface area contributed by atoms with Crippen molar-refractivity contribution >= 4 is 45.5 Å². The lowest BCUT2D eigenvalue weighted by Gasteiger charge is -2.35. The van der Waals surface area contributed by atoms with Gasteiger partial charge in [-0.1, -0.05) is 29.2 Å². The molecule has 2 atom stereocenters. The number of morpholine rings is 1. The Labute approximate surface area is 160 Å². The molecule has 136 valence electrons. The summed E-state index contributed by atoms with van der Waals surface area (Å²) in [4.78, 5) is 15.6. The molecule has 1 N–H and O–H groups in total. The standard InChI is InChI=1S/C16H22N4O2S3/c1-11-8-20(9-12(2)22-11)14(21)10-24-16-19-18-15(25-16)17-6-5-13-4-3-7-23-13/h3-4,7,11-12H,5-6,8-10H2,1-2H3,(H,17,18). The number of aromatic nitrogens is 2. The van der Waals surface area contributed by atoms with Crippen LogP contribution < -0.4 is 5.32 Å². The zero-order valence-electron chi connectivity index (χ0n) is 14.3. The Kier molecular flexibility index (Phi) is 6.69. The third kappa shape index (κ3) is 5.67. The lowest BCUT2D eigenvalue weighted by Crippen LogP contribution is -2.48. The molecule has 0 bridgehead atoms. The fraction of sp³-hybridized carbons (Fsp3) is 0.562. The van der Waals surface area contributed by atoms with E-state index in [4.69, 9.17) is 4.74 Å². The summed E-state index contributed by atoms with van der Waals surface area (Å²) < 4.78 is 6.49. The van der Waals surface area contributed by atoms with E-state index in [1.807, 2.05) is 18.7 Å². The number of rotatable bonds is 7. The van der Waals surface area contributed by atoms with Crippen LogP contribution in [0.1, 0.15) is 18.7 Å². The van der Waals surface area contributed by atoms with E-state index >= 15 is 0 Å². The molecule has 1 aliphatic heterocycles. The van der Waals surface area contributed by atoms with Crippen molar-refractivity contribution in [3.05, 3.63) is 22.4 Å². The van der Waals surface area contributed by atoms with Gasteiger partial charge in [0.2, 0.25) is 11.0 Å². The minimum absolute atomic E-state index is 0.0957. The number of anilines is 1. The van der Waals surface area contributed by atoms with E-state index < -0.39 is 0 Å². The van der Waals surface area contributed by atoms with Crippen LogP contribution in [0, 0.1) is 0 Å². The number of nitrogens with one attached hydrogen (secondary N) is 1. The van der Waals surface area contributed by atoms with Gasteiger partial charge >= 0.3 is 0 Å². The highest BCUT2D eigenvalue weighted by molar-refractivity contribution is 8.01. The van der Waals surface area contributed by atoms with Gasteiger partial charge < -0.3 is 15.0 Å². The van der Waals surface area contributed by atoms with Crippen molar-refractivity contribution in [3.8, 4) is 0 Å². The van der Waals surface area contributed by atoms with Gasteiger partial charge in [-0.25, -0.2) is 0 Å². The maximum Gasteiger partial charge on any atom is 0.233 e. The first kappa shape index (κ1) is 18.6. The molecule has 1 amide bonds. The van der Waals surface area contributed by atoms with E-state index in [9.17, 15) is 4.79 Å². The Balaban J connectivity index is 1.41. The lowest BCUT2D eigenvalue weighted by molar-refractivity contribution is -0.140. The van der Waals surface area contributed by atoms with Gasteiger partial charge in [-0.3, -0.25) is 4.79 Å². The van der Waals surface area contributed by atoms with Crippen LogP contribution in [0.3, 0.4) is 0 Å². The minimum atomic E-state index is 0.0957. The van der Waals surface area contributed by atoms with E-state index in [2.05, 4.69) is 33.0 Å². The molecule has 0 spiro atoms. The van der Waals surface area contributed by atoms with E-state index in [0.29, 0.717) is 18.8 Å². The van der Waals surface area contributed by atoms with Crippen molar-refractivity contribution in [2.75, 3.05) is 30.7 Å². The predicted octanol–water partition coefficient (Wildman–Crippen LogP) is 2.98. The number of hydrogen-bond acceptors (Lipinski definition) is 8. The van der Waals surface area contributed by atoms with Crippen LogP contribution in [0.4, 0.5) is 5.13 Å². The Bertz CT molecular complexity index is 667. The van der Waals surface area contributed by atoms with E-state index in [1.54, 1.807) is 11.3 Å².